The van der Waals surface area contributed by atoms with Crippen LogP contribution >= 0.6 is 0 Å². The highest BCUT2D eigenvalue weighted by Crippen LogP contribution is 2.33. The van der Waals surface area contributed by atoms with Crippen molar-refractivity contribution in [2.24, 2.45) is 0 Å². The van der Waals surface area contributed by atoms with E-state index < -0.39 is 0 Å². The first kappa shape index (κ1) is 14.7. The van der Waals surface area contributed by atoms with Gasteiger partial charge >= 0.3 is 0 Å². The average Bonchev–Trinajstić information content (AvgIpc) is 2.48. The van der Waals surface area contributed by atoms with Gasteiger partial charge in [0.1, 0.15) is 0 Å². The van der Waals surface area contributed by atoms with Crippen molar-refractivity contribution < 1.29 is 14.3 Å². The Kier molecular flexibility index (Phi) is 4.05. The Morgan fingerprint density at radius 3 is 1.90 bits per heavy atom. The molecule has 0 aliphatic heterocycles. The normalized spacial score (nSPS) is 12.1. The first-order chi connectivity index (χ1) is 10.0. The fourth-order valence-electron chi connectivity index (χ4n) is 2.23. The zero-order chi connectivity index (χ0) is 15.6. The van der Waals surface area contributed by atoms with E-state index in [0.717, 1.165) is 0 Å². The van der Waals surface area contributed by atoms with Gasteiger partial charge in [0.2, 0.25) is 0 Å². The number of anilines is 2. The van der Waals surface area contributed by atoms with Gasteiger partial charge in [-0.1, -0.05) is 24.3 Å². The summed E-state index contributed by atoms with van der Waals surface area (Å²) < 4.78 is 4.25. The molecule has 0 spiro atoms. The highest BCUT2D eigenvalue weighted by Gasteiger charge is 2.31. The summed E-state index contributed by atoms with van der Waals surface area (Å²) in [6.45, 7) is 0. The second-order valence-electron chi connectivity index (χ2n) is 4.60. The Labute approximate surface area is 122 Å². The summed E-state index contributed by atoms with van der Waals surface area (Å²) in [6.07, 6.45) is 0. The van der Waals surface area contributed by atoms with Gasteiger partial charge in [0.05, 0.1) is 16.9 Å². The molecule has 0 heterocycles. The highest BCUT2D eigenvalue weighted by molar-refractivity contribution is 6.30. The van der Waals surface area contributed by atoms with Crippen LogP contribution in [-0.2, 0) is 4.74 Å². The fourth-order valence-corrected chi connectivity index (χ4v) is 2.23. The molecule has 1 aliphatic carbocycles. The molecule has 0 radical (unpaired) electrons. The lowest BCUT2D eigenvalue weighted by molar-refractivity contribution is 0.0980. The minimum atomic E-state index is -0.245. The number of fused-ring (bicyclic) bond motifs is 2. The topological polar surface area (TPSA) is 95.4 Å². The minimum absolute atomic E-state index is 0.181. The van der Waals surface area contributed by atoms with E-state index in [9.17, 15) is 9.59 Å². The van der Waals surface area contributed by atoms with Crippen LogP contribution < -0.4 is 11.5 Å². The quantitative estimate of drug-likeness (QED) is 0.615. The van der Waals surface area contributed by atoms with Crippen LogP contribution in [0.3, 0.4) is 0 Å². The molecule has 0 fully saturated rings. The fraction of sp³-hybridized carbons (Fsp3) is 0.125. The van der Waals surface area contributed by atoms with Gasteiger partial charge in [0.15, 0.2) is 11.6 Å². The third kappa shape index (κ3) is 2.39. The number of carbonyl (C=O) groups excluding carboxylic acids is 2. The largest absolute Gasteiger partial charge is 0.397 e. The van der Waals surface area contributed by atoms with E-state index in [0.29, 0.717) is 22.4 Å². The maximum Gasteiger partial charge on any atom is 0.196 e. The van der Waals surface area contributed by atoms with E-state index in [1.807, 2.05) is 0 Å². The monoisotopic (exact) mass is 284 g/mol. The van der Waals surface area contributed by atoms with Crippen molar-refractivity contribution in [3.05, 3.63) is 58.7 Å². The third-order valence-electron chi connectivity index (χ3n) is 3.17. The first-order valence-corrected chi connectivity index (χ1v) is 6.29. The third-order valence-corrected chi connectivity index (χ3v) is 3.17. The molecule has 0 bridgehead atoms. The second kappa shape index (κ2) is 5.76. The first-order valence-electron chi connectivity index (χ1n) is 6.29. The molecular weight excluding hydrogens is 268 g/mol. The molecular formula is C16H16N2O3. The summed E-state index contributed by atoms with van der Waals surface area (Å²) in [5.41, 5.74) is 13.3. The van der Waals surface area contributed by atoms with Gasteiger partial charge in [-0.25, -0.2) is 0 Å². The summed E-state index contributed by atoms with van der Waals surface area (Å²) in [6, 6.07) is 9.82. The predicted octanol–water partition coefficient (Wildman–Crippen LogP) is 1.89. The van der Waals surface area contributed by atoms with Gasteiger partial charge in [-0.15, -0.1) is 0 Å². The van der Waals surface area contributed by atoms with Crippen molar-refractivity contribution in [3.63, 3.8) is 0 Å². The number of nitrogen functional groups attached to an aromatic ring is 2. The molecule has 21 heavy (non-hydrogen) atoms. The van der Waals surface area contributed by atoms with Crippen LogP contribution in [0.2, 0.25) is 0 Å². The zero-order valence-corrected chi connectivity index (χ0v) is 11.8. The molecule has 2 aromatic carbocycles. The number of benzene rings is 2. The van der Waals surface area contributed by atoms with E-state index in [4.69, 9.17) is 11.5 Å². The number of rotatable bonds is 0. The summed E-state index contributed by atoms with van der Waals surface area (Å²) in [5.74, 6) is -0.433. The number of ether oxygens (including phenoxy) is 1. The van der Waals surface area contributed by atoms with Gasteiger partial charge in [-0.2, -0.15) is 0 Å². The molecule has 2 aromatic rings. The van der Waals surface area contributed by atoms with Crippen molar-refractivity contribution in [1.82, 2.24) is 0 Å². The maximum atomic E-state index is 12.3. The molecule has 5 nitrogen and oxygen atoms in total. The van der Waals surface area contributed by atoms with E-state index in [-0.39, 0.29) is 22.8 Å². The van der Waals surface area contributed by atoms with Gasteiger partial charge in [0.25, 0.3) is 0 Å². The molecule has 0 amide bonds. The van der Waals surface area contributed by atoms with E-state index in [2.05, 4.69) is 4.74 Å². The number of ketones is 2. The number of carbonyl (C=O) groups is 2. The Hall–Kier alpha value is -2.66. The second-order valence-corrected chi connectivity index (χ2v) is 4.60. The van der Waals surface area contributed by atoms with Crippen LogP contribution in [-0.4, -0.2) is 25.8 Å². The van der Waals surface area contributed by atoms with Crippen molar-refractivity contribution in [1.29, 1.82) is 0 Å². The predicted molar refractivity (Wildman–Crippen MR) is 81.5 cm³/mol. The molecule has 1 aliphatic rings. The van der Waals surface area contributed by atoms with Gasteiger partial charge < -0.3 is 16.2 Å². The zero-order valence-electron chi connectivity index (χ0n) is 11.8. The summed E-state index contributed by atoms with van der Waals surface area (Å²) in [5, 5.41) is 0. The van der Waals surface area contributed by atoms with Crippen molar-refractivity contribution in [2.75, 3.05) is 25.7 Å². The average molecular weight is 284 g/mol. The molecule has 5 heteroatoms. The van der Waals surface area contributed by atoms with Gasteiger partial charge in [-0.3, -0.25) is 9.59 Å². The van der Waals surface area contributed by atoms with E-state index in [1.165, 1.54) is 0 Å². The standard InChI is InChI=1S/C14H10N2O2.C2H6O/c15-10-6-5-9-11(12(10)16)14(18)8-4-2-1-3-7(8)13(9)17;1-3-2/h1-6H,15-16H2;1-2H3. The Morgan fingerprint density at radius 1 is 0.810 bits per heavy atom. The van der Waals surface area contributed by atoms with E-state index in [1.54, 1.807) is 50.6 Å². The highest BCUT2D eigenvalue weighted by atomic mass is 16.4. The number of nitrogens with two attached hydrogens (primary N) is 2. The molecule has 0 saturated carbocycles. The Bertz CT molecular complexity index is 723. The van der Waals surface area contributed by atoms with E-state index >= 15 is 0 Å². The van der Waals surface area contributed by atoms with Crippen molar-refractivity contribution in [2.45, 2.75) is 0 Å². The molecule has 4 N–H and O–H groups in total. The van der Waals surface area contributed by atoms with Crippen LogP contribution in [0.1, 0.15) is 31.8 Å². The van der Waals surface area contributed by atoms with Crippen LogP contribution in [0.5, 0.6) is 0 Å². The SMILES string of the molecule is COC.Nc1ccc2c(c1N)C(=O)c1ccccc1C2=O. The minimum Gasteiger partial charge on any atom is -0.397 e. The molecule has 108 valence electrons. The molecule has 0 unspecified atom stereocenters. The lowest BCUT2D eigenvalue weighted by Gasteiger charge is -2.19. The molecule has 0 aromatic heterocycles. The van der Waals surface area contributed by atoms with Crippen LogP contribution in [0.4, 0.5) is 11.4 Å². The number of methoxy groups -OCH3 is 1. The summed E-state index contributed by atoms with van der Waals surface area (Å²) in [4.78, 5) is 24.6. The lowest BCUT2D eigenvalue weighted by Crippen LogP contribution is -2.22. The summed E-state index contributed by atoms with van der Waals surface area (Å²) >= 11 is 0. The van der Waals surface area contributed by atoms with Gasteiger partial charge in [-0.05, 0) is 12.1 Å². The number of hydrogen-bond donors (Lipinski definition) is 2. The van der Waals surface area contributed by atoms with Crippen molar-refractivity contribution >= 4 is 22.9 Å². The molecule has 0 atom stereocenters. The maximum absolute atomic E-state index is 12.3. The summed E-state index contributed by atoms with van der Waals surface area (Å²) in [7, 11) is 3.25. The van der Waals surface area contributed by atoms with Crippen LogP contribution in [0, 0.1) is 0 Å². The van der Waals surface area contributed by atoms with Gasteiger partial charge in [0, 0.05) is 30.9 Å². The molecule has 0 saturated heterocycles. The van der Waals surface area contributed by atoms with Crippen LogP contribution in [0.15, 0.2) is 36.4 Å². The Morgan fingerprint density at radius 2 is 1.33 bits per heavy atom. The lowest BCUT2D eigenvalue weighted by atomic mass is 9.83. The molecule has 3 rings (SSSR count). The van der Waals surface area contributed by atoms with Crippen molar-refractivity contribution in [3.8, 4) is 0 Å². The van der Waals surface area contributed by atoms with Crippen LogP contribution in [0.25, 0.3) is 0 Å². The Balaban J connectivity index is 0.000000497. The number of hydrogen-bond acceptors (Lipinski definition) is 5. The smallest absolute Gasteiger partial charge is 0.196 e.